The number of hydrogen-bond donors (Lipinski definition) is 4. The molecule has 0 heterocycles. The van der Waals surface area contributed by atoms with Crippen LogP contribution in [0.1, 0.15) is 36.5 Å². The zero-order valence-corrected chi connectivity index (χ0v) is 15.6. The number of hydrogen-bond acceptors (Lipinski definition) is 3. The van der Waals surface area contributed by atoms with Crippen LogP contribution in [0.15, 0.2) is 48.5 Å². The number of amides is 4. The summed E-state index contributed by atoms with van der Waals surface area (Å²) in [6.07, 6.45) is 2.24. The van der Waals surface area contributed by atoms with Gasteiger partial charge in [-0.25, -0.2) is 10.2 Å². The van der Waals surface area contributed by atoms with Crippen molar-refractivity contribution in [2.75, 3.05) is 10.6 Å². The third-order valence-corrected chi connectivity index (χ3v) is 3.83. The van der Waals surface area contributed by atoms with Crippen LogP contribution < -0.4 is 21.5 Å². The van der Waals surface area contributed by atoms with Gasteiger partial charge in [0.1, 0.15) is 0 Å². The van der Waals surface area contributed by atoms with Gasteiger partial charge in [0.05, 0.1) is 0 Å². The predicted molar refractivity (Wildman–Crippen MR) is 106 cm³/mol. The number of rotatable bonds is 6. The van der Waals surface area contributed by atoms with Crippen LogP contribution >= 0.6 is 11.6 Å². The second kappa shape index (κ2) is 10.2. The first kappa shape index (κ1) is 20.3. The van der Waals surface area contributed by atoms with E-state index in [1.807, 2.05) is 6.92 Å². The van der Waals surface area contributed by atoms with Crippen LogP contribution in [0, 0.1) is 0 Å². The first-order valence-electron chi connectivity index (χ1n) is 8.50. The Morgan fingerprint density at radius 1 is 0.852 bits per heavy atom. The molecule has 0 aliphatic rings. The minimum atomic E-state index is -0.592. The Morgan fingerprint density at radius 3 is 2.07 bits per heavy atom. The van der Waals surface area contributed by atoms with Gasteiger partial charge in [-0.3, -0.25) is 15.0 Å². The molecule has 2 rings (SSSR count). The largest absolute Gasteiger partial charge is 0.337 e. The smallest absolute Gasteiger partial charge is 0.326 e. The van der Waals surface area contributed by atoms with Crippen LogP contribution in [0.2, 0.25) is 5.02 Å². The van der Waals surface area contributed by atoms with E-state index in [1.54, 1.807) is 48.5 Å². The molecule has 142 valence electrons. The number of halogens is 1. The van der Waals surface area contributed by atoms with Crippen molar-refractivity contribution in [1.29, 1.82) is 0 Å². The Morgan fingerprint density at radius 2 is 1.44 bits per heavy atom. The maximum atomic E-state index is 12.1. The topological polar surface area (TPSA) is 99.3 Å². The van der Waals surface area contributed by atoms with E-state index in [2.05, 4.69) is 21.5 Å². The molecule has 0 aliphatic heterocycles. The number of nitrogens with one attached hydrogen (secondary N) is 4. The highest BCUT2D eigenvalue weighted by atomic mass is 35.5. The lowest BCUT2D eigenvalue weighted by molar-refractivity contribution is -0.116. The molecule has 0 unspecified atom stereocenters. The lowest BCUT2D eigenvalue weighted by atomic mass is 10.2. The predicted octanol–water partition coefficient (Wildman–Crippen LogP) is 3.94. The van der Waals surface area contributed by atoms with Gasteiger partial charge >= 0.3 is 6.03 Å². The van der Waals surface area contributed by atoms with Crippen molar-refractivity contribution < 1.29 is 14.4 Å². The highest BCUT2D eigenvalue weighted by Gasteiger charge is 2.08. The van der Waals surface area contributed by atoms with Crippen molar-refractivity contribution in [3.05, 3.63) is 59.1 Å². The molecule has 27 heavy (non-hydrogen) atoms. The minimum Gasteiger partial charge on any atom is -0.326 e. The molecule has 0 fully saturated rings. The molecule has 0 radical (unpaired) electrons. The summed E-state index contributed by atoms with van der Waals surface area (Å²) in [6, 6.07) is 12.3. The van der Waals surface area contributed by atoms with Crippen molar-refractivity contribution >= 4 is 40.8 Å². The normalized spacial score (nSPS) is 10.0. The molecule has 0 saturated carbocycles. The number of carbonyl (C=O) groups is 3. The number of hydrazine groups is 1. The molecule has 2 aromatic carbocycles. The van der Waals surface area contributed by atoms with E-state index < -0.39 is 11.9 Å². The third-order valence-electron chi connectivity index (χ3n) is 3.58. The Labute approximate surface area is 162 Å². The number of carbonyl (C=O) groups excluding carboxylic acids is 3. The zero-order chi connectivity index (χ0) is 19.6. The molecular weight excluding hydrogens is 368 g/mol. The summed E-state index contributed by atoms with van der Waals surface area (Å²) in [5, 5.41) is 5.87. The van der Waals surface area contributed by atoms with Gasteiger partial charge in [0.2, 0.25) is 5.91 Å². The van der Waals surface area contributed by atoms with Crippen LogP contribution in [0.5, 0.6) is 0 Å². The van der Waals surface area contributed by atoms with Gasteiger partial charge in [-0.15, -0.1) is 0 Å². The number of benzene rings is 2. The number of anilines is 2. The van der Waals surface area contributed by atoms with Gasteiger partial charge in [0.25, 0.3) is 5.91 Å². The van der Waals surface area contributed by atoms with Crippen molar-refractivity contribution in [2.45, 2.75) is 26.2 Å². The maximum Gasteiger partial charge on any atom is 0.337 e. The lowest BCUT2D eigenvalue weighted by Gasteiger charge is -2.10. The molecule has 4 N–H and O–H groups in total. The summed E-state index contributed by atoms with van der Waals surface area (Å²) in [4.78, 5) is 35.5. The molecule has 0 saturated heterocycles. The van der Waals surface area contributed by atoms with E-state index in [9.17, 15) is 14.4 Å². The first-order chi connectivity index (χ1) is 13.0. The summed E-state index contributed by atoms with van der Waals surface area (Å²) >= 11 is 5.77. The average molecular weight is 389 g/mol. The zero-order valence-electron chi connectivity index (χ0n) is 14.8. The quantitative estimate of drug-likeness (QED) is 0.564. The fraction of sp³-hybridized carbons (Fsp3) is 0.211. The van der Waals surface area contributed by atoms with Crippen LogP contribution in [-0.2, 0) is 4.79 Å². The van der Waals surface area contributed by atoms with Crippen LogP contribution in [-0.4, -0.2) is 17.8 Å². The second-order valence-electron chi connectivity index (χ2n) is 5.77. The number of unbranched alkanes of at least 4 members (excludes halogenated alkanes) is 1. The summed E-state index contributed by atoms with van der Waals surface area (Å²) in [6.45, 7) is 2.02. The van der Waals surface area contributed by atoms with Crippen LogP contribution in [0.3, 0.4) is 0 Å². The third kappa shape index (κ3) is 6.99. The van der Waals surface area contributed by atoms with Gasteiger partial charge in [0, 0.05) is 28.4 Å². The Hall–Kier alpha value is -3.06. The number of urea groups is 1. The first-order valence-corrected chi connectivity index (χ1v) is 8.88. The van der Waals surface area contributed by atoms with Gasteiger partial charge in [-0.2, -0.15) is 0 Å². The Bertz CT molecular complexity index is 792. The van der Waals surface area contributed by atoms with E-state index in [1.165, 1.54) is 0 Å². The molecule has 0 atom stereocenters. The lowest BCUT2D eigenvalue weighted by Crippen LogP contribution is -2.43. The van der Waals surface area contributed by atoms with Crippen molar-refractivity contribution in [2.24, 2.45) is 0 Å². The standard InChI is InChI=1S/C19H21ClN4O3/c1-2-3-4-17(25)21-15-9-5-13(6-10-15)18(26)23-24-19(27)22-16-11-7-14(20)8-12-16/h5-12H,2-4H2,1H3,(H,21,25)(H,23,26)(H2,22,24,27). The van der Waals surface area contributed by atoms with Crippen LogP contribution in [0.4, 0.5) is 16.2 Å². The second-order valence-corrected chi connectivity index (χ2v) is 6.21. The summed E-state index contributed by atoms with van der Waals surface area (Å²) < 4.78 is 0. The van der Waals surface area contributed by atoms with E-state index in [0.29, 0.717) is 28.4 Å². The molecule has 2 aromatic rings. The molecular formula is C19H21ClN4O3. The van der Waals surface area contributed by atoms with E-state index in [4.69, 9.17) is 11.6 Å². The fourth-order valence-corrected chi connectivity index (χ4v) is 2.27. The van der Waals surface area contributed by atoms with Crippen molar-refractivity contribution in [1.82, 2.24) is 10.9 Å². The van der Waals surface area contributed by atoms with Crippen molar-refractivity contribution in [3.63, 3.8) is 0 Å². The molecule has 0 aliphatic carbocycles. The van der Waals surface area contributed by atoms with Gasteiger partial charge in [-0.1, -0.05) is 24.9 Å². The highest BCUT2D eigenvalue weighted by Crippen LogP contribution is 2.13. The summed E-state index contributed by atoms with van der Waals surface area (Å²) in [7, 11) is 0. The molecule has 0 aromatic heterocycles. The fourth-order valence-electron chi connectivity index (χ4n) is 2.15. The van der Waals surface area contributed by atoms with E-state index >= 15 is 0 Å². The van der Waals surface area contributed by atoms with Gasteiger partial charge in [-0.05, 0) is 55.0 Å². The molecule has 0 spiro atoms. The van der Waals surface area contributed by atoms with Gasteiger partial charge in [0.15, 0.2) is 0 Å². The Kier molecular flexibility index (Phi) is 7.63. The van der Waals surface area contributed by atoms with Gasteiger partial charge < -0.3 is 10.6 Å². The molecule has 0 bridgehead atoms. The van der Waals surface area contributed by atoms with Crippen LogP contribution in [0.25, 0.3) is 0 Å². The average Bonchev–Trinajstić information content (AvgIpc) is 2.67. The van der Waals surface area contributed by atoms with E-state index in [0.717, 1.165) is 12.8 Å². The molecule has 8 heteroatoms. The SMILES string of the molecule is CCCCC(=O)Nc1ccc(C(=O)NNC(=O)Nc2ccc(Cl)cc2)cc1. The maximum absolute atomic E-state index is 12.1. The summed E-state index contributed by atoms with van der Waals surface area (Å²) in [5.41, 5.74) is 6.06. The summed E-state index contributed by atoms with van der Waals surface area (Å²) in [5.74, 6) is -0.542. The minimum absolute atomic E-state index is 0.0606. The highest BCUT2D eigenvalue weighted by molar-refractivity contribution is 6.30. The monoisotopic (exact) mass is 388 g/mol. The molecule has 7 nitrogen and oxygen atoms in total. The Balaban J connectivity index is 1.80. The molecule has 4 amide bonds. The van der Waals surface area contributed by atoms with Crippen molar-refractivity contribution in [3.8, 4) is 0 Å². The van der Waals surface area contributed by atoms with E-state index in [-0.39, 0.29) is 5.91 Å².